The monoisotopic (exact) mass is 168 g/mol. The largest absolute Gasteiger partial charge is 0.358 e. The number of aromatic nitrogens is 2. The molecule has 1 aliphatic rings. The van der Waals surface area contributed by atoms with Crippen molar-refractivity contribution in [3.8, 4) is 0 Å². The van der Waals surface area contributed by atoms with E-state index in [0.717, 1.165) is 13.0 Å². The number of nitro groups is 1. The third-order valence-corrected chi connectivity index (χ3v) is 2.03. The van der Waals surface area contributed by atoms with E-state index < -0.39 is 4.92 Å². The first-order valence-corrected chi connectivity index (χ1v) is 3.70. The van der Waals surface area contributed by atoms with Crippen LogP contribution in [0.2, 0.25) is 0 Å². The summed E-state index contributed by atoms with van der Waals surface area (Å²) in [6.07, 6.45) is 2.45. The van der Waals surface area contributed by atoms with Gasteiger partial charge in [0.2, 0.25) is 0 Å². The second-order valence-electron chi connectivity index (χ2n) is 2.73. The summed E-state index contributed by atoms with van der Waals surface area (Å²) in [6, 6.07) is 0.115. The topological polar surface area (TPSA) is 83.8 Å². The van der Waals surface area contributed by atoms with Crippen LogP contribution in [0.25, 0.3) is 0 Å². The Balaban J connectivity index is 2.29. The first-order valence-electron chi connectivity index (χ1n) is 3.70. The lowest BCUT2D eigenvalue weighted by molar-refractivity contribution is -0.390. The first-order chi connectivity index (χ1) is 5.79. The highest BCUT2D eigenvalue weighted by Crippen LogP contribution is 2.28. The van der Waals surface area contributed by atoms with Crippen LogP contribution in [0.1, 0.15) is 18.0 Å². The van der Waals surface area contributed by atoms with Crippen molar-refractivity contribution in [2.45, 2.75) is 12.5 Å². The third kappa shape index (κ3) is 0.964. The molecule has 1 atom stereocenters. The molecule has 1 aromatic rings. The Morgan fingerprint density at radius 1 is 1.75 bits per heavy atom. The molecule has 1 aliphatic heterocycles. The molecule has 12 heavy (non-hydrogen) atoms. The van der Waals surface area contributed by atoms with Gasteiger partial charge in [-0.2, -0.15) is 0 Å². The fourth-order valence-electron chi connectivity index (χ4n) is 1.24. The molecule has 6 nitrogen and oxygen atoms in total. The predicted octanol–water partition coefficient (Wildman–Crippen LogP) is 0.352. The van der Waals surface area contributed by atoms with E-state index in [0.29, 0.717) is 5.56 Å². The molecule has 1 fully saturated rings. The van der Waals surface area contributed by atoms with Crippen LogP contribution in [0.5, 0.6) is 0 Å². The molecule has 0 aromatic carbocycles. The van der Waals surface area contributed by atoms with Crippen molar-refractivity contribution in [3.05, 3.63) is 21.9 Å². The SMILES string of the molecule is O=[N+]([O-])c1[nH]ncc1C1CCN1. The average Bonchev–Trinajstić information content (AvgIpc) is 2.31. The summed E-state index contributed by atoms with van der Waals surface area (Å²) in [4.78, 5) is 9.99. The first kappa shape index (κ1) is 7.23. The second-order valence-corrected chi connectivity index (χ2v) is 2.73. The average molecular weight is 168 g/mol. The Kier molecular flexibility index (Phi) is 1.54. The van der Waals surface area contributed by atoms with E-state index in [9.17, 15) is 10.1 Å². The molecule has 0 aliphatic carbocycles. The highest BCUT2D eigenvalue weighted by atomic mass is 16.6. The fourth-order valence-corrected chi connectivity index (χ4v) is 1.24. The lowest BCUT2D eigenvalue weighted by Gasteiger charge is -2.25. The van der Waals surface area contributed by atoms with Crippen molar-refractivity contribution in [1.82, 2.24) is 15.5 Å². The van der Waals surface area contributed by atoms with Gasteiger partial charge in [0.15, 0.2) is 0 Å². The van der Waals surface area contributed by atoms with Crippen molar-refractivity contribution in [3.63, 3.8) is 0 Å². The zero-order valence-electron chi connectivity index (χ0n) is 6.28. The van der Waals surface area contributed by atoms with Crippen LogP contribution in [0.15, 0.2) is 6.20 Å². The van der Waals surface area contributed by atoms with E-state index in [1.165, 1.54) is 6.20 Å². The highest BCUT2D eigenvalue weighted by Gasteiger charge is 2.27. The van der Waals surface area contributed by atoms with Crippen LogP contribution >= 0.6 is 0 Å². The molecule has 0 spiro atoms. The van der Waals surface area contributed by atoms with Crippen LogP contribution in [-0.2, 0) is 0 Å². The lowest BCUT2D eigenvalue weighted by Crippen LogP contribution is -2.35. The summed E-state index contributed by atoms with van der Waals surface area (Å²) in [6.45, 7) is 0.924. The second kappa shape index (κ2) is 2.56. The minimum Gasteiger partial charge on any atom is -0.358 e. The van der Waals surface area contributed by atoms with Gasteiger partial charge in [-0.1, -0.05) is 5.10 Å². The molecule has 0 amide bonds. The van der Waals surface area contributed by atoms with E-state index >= 15 is 0 Å². The van der Waals surface area contributed by atoms with E-state index in [-0.39, 0.29) is 11.9 Å². The summed E-state index contributed by atoms with van der Waals surface area (Å²) in [5.74, 6) is 0.00667. The van der Waals surface area contributed by atoms with Gasteiger partial charge >= 0.3 is 5.82 Å². The molecule has 2 N–H and O–H groups in total. The van der Waals surface area contributed by atoms with Gasteiger partial charge in [-0.15, -0.1) is 5.10 Å². The molecular weight excluding hydrogens is 160 g/mol. The number of hydrogen-bond acceptors (Lipinski definition) is 4. The quantitative estimate of drug-likeness (QED) is 0.493. The summed E-state index contributed by atoms with van der Waals surface area (Å²) < 4.78 is 0. The zero-order valence-corrected chi connectivity index (χ0v) is 6.28. The van der Waals surface area contributed by atoms with Gasteiger partial charge in [0.05, 0.1) is 11.8 Å². The number of rotatable bonds is 2. The Bertz CT molecular complexity index is 304. The zero-order chi connectivity index (χ0) is 8.55. The number of H-pyrrole nitrogens is 1. The molecule has 6 heteroatoms. The summed E-state index contributed by atoms with van der Waals surface area (Å²) in [5.41, 5.74) is 0.659. The van der Waals surface area contributed by atoms with Crippen molar-refractivity contribution >= 4 is 5.82 Å². The van der Waals surface area contributed by atoms with Crippen molar-refractivity contribution < 1.29 is 4.92 Å². The maximum Gasteiger partial charge on any atom is 0.347 e. The molecule has 2 rings (SSSR count). The summed E-state index contributed by atoms with van der Waals surface area (Å²) in [5, 5.41) is 19.5. The number of hydrogen-bond donors (Lipinski definition) is 2. The Morgan fingerprint density at radius 3 is 3.00 bits per heavy atom. The Morgan fingerprint density at radius 2 is 2.50 bits per heavy atom. The number of nitrogens with one attached hydrogen (secondary N) is 2. The molecule has 2 heterocycles. The van der Waals surface area contributed by atoms with Crippen LogP contribution < -0.4 is 5.32 Å². The third-order valence-electron chi connectivity index (χ3n) is 2.03. The van der Waals surface area contributed by atoms with Gasteiger partial charge in [-0.25, -0.2) is 0 Å². The Hall–Kier alpha value is -1.43. The van der Waals surface area contributed by atoms with Crippen LogP contribution in [0.3, 0.4) is 0 Å². The molecule has 0 saturated carbocycles. The van der Waals surface area contributed by atoms with Crippen LogP contribution in [-0.4, -0.2) is 21.7 Å². The minimum atomic E-state index is -0.442. The van der Waals surface area contributed by atoms with Gasteiger partial charge in [0.25, 0.3) is 0 Å². The summed E-state index contributed by atoms with van der Waals surface area (Å²) >= 11 is 0. The van der Waals surface area contributed by atoms with Gasteiger partial charge in [-0.05, 0) is 17.9 Å². The van der Waals surface area contributed by atoms with Crippen LogP contribution in [0, 0.1) is 10.1 Å². The van der Waals surface area contributed by atoms with Crippen molar-refractivity contribution in [2.24, 2.45) is 0 Å². The van der Waals surface area contributed by atoms with E-state index in [1.54, 1.807) is 0 Å². The van der Waals surface area contributed by atoms with Crippen molar-refractivity contribution in [1.29, 1.82) is 0 Å². The molecule has 1 saturated heterocycles. The van der Waals surface area contributed by atoms with Gasteiger partial charge in [-0.3, -0.25) is 0 Å². The maximum absolute atomic E-state index is 10.4. The summed E-state index contributed by atoms with van der Waals surface area (Å²) in [7, 11) is 0. The predicted molar refractivity (Wildman–Crippen MR) is 40.6 cm³/mol. The van der Waals surface area contributed by atoms with E-state index in [4.69, 9.17) is 0 Å². The van der Waals surface area contributed by atoms with Gasteiger partial charge in [0.1, 0.15) is 0 Å². The van der Waals surface area contributed by atoms with E-state index in [1.807, 2.05) is 0 Å². The smallest absolute Gasteiger partial charge is 0.347 e. The van der Waals surface area contributed by atoms with E-state index in [2.05, 4.69) is 15.5 Å². The Labute approximate surface area is 68.1 Å². The van der Waals surface area contributed by atoms with Crippen molar-refractivity contribution in [2.75, 3.05) is 6.54 Å². The van der Waals surface area contributed by atoms with Gasteiger partial charge < -0.3 is 15.4 Å². The molecule has 64 valence electrons. The number of nitrogens with zero attached hydrogens (tertiary/aromatic N) is 2. The normalized spacial score (nSPS) is 21.8. The molecular formula is C6H8N4O2. The number of aromatic amines is 1. The minimum absolute atomic E-state index is 0.00667. The standard InChI is InChI=1S/C6H8N4O2/c11-10(12)6-4(3-8-9-6)5-1-2-7-5/h3,5,7H,1-2H2,(H,8,9). The molecule has 0 radical (unpaired) electrons. The van der Waals surface area contributed by atoms with Crippen LogP contribution in [0.4, 0.5) is 5.82 Å². The fraction of sp³-hybridized carbons (Fsp3) is 0.500. The molecule has 0 bridgehead atoms. The molecule has 1 unspecified atom stereocenters. The maximum atomic E-state index is 10.4. The van der Waals surface area contributed by atoms with Gasteiger partial charge in [0, 0.05) is 6.04 Å². The molecule has 1 aromatic heterocycles. The lowest BCUT2D eigenvalue weighted by atomic mass is 10.0. The highest BCUT2D eigenvalue weighted by molar-refractivity contribution is 5.33.